The molecule has 6 aromatic rings. The number of fused-ring (bicyclic) bond motifs is 3. The van der Waals surface area contributed by atoms with Gasteiger partial charge >= 0.3 is 0 Å². The van der Waals surface area contributed by atoms with Crippen molar-refractivity contribution in [1.82, 2.24) is 4.98 Å². The second-order valence-electron chi connectivity index (χ2n) is 9.17. The molecule has 2 heterocycles. The highest BCUT2D eigenvalue weighted by Crippen LogP contribution is 2.40. The lowest BCUT2D eigenvalue weighted by molar-refractivity contribution is 0.0990. The highest BCUT2D eigenvalue weighted by Gasteiger charge is 2.33. The van der Waals surface area contributed by atoms with Crippen molar-refractivity contribution in [2.75, 3.05) is 4.90 Å². The van der Waals surface area contributed by atoms with Crippen molar-refractivity contribution in [1.29, 1.82) is 0 Å². The molecule has 0 N–H and O–H groups in total. The van der Waals surface area contributed by atoms with Crippen molar-refractivity contribution in [3.63, 3.8) is 0 Å². The first kappa shape index (κ1) is 22.3. The Morgan fingerprint density at radius 3 is 1.97 bits per heavy atom. The lowest BCUT2D eigenvalue weighted by Crippen LogP contribution is -2.09. The summed E-state index contributed by atoms with van der Waals surface area (Å²) in [5, 5.41) is 3.92. The predicted molar refractivity (Wildman–Crippen MR) is 155 cm³/mol. The summed E-state index contributed by atoms with van der Waals surface area (Å²) in [5.41, 5.74) is 3.05. The van der Waals surface area contributed by atoms with Crippen LogP contribution in [0.15, 0.2) is 121 Å². The van der Waals surface area contributed by atoms with Crippen LogP contribution in [0, 0.1) is 0 Å². The third-order valence-corrected chi connectivity index (χ3v) is 7.83. The van der Waals surface area contributed by atoms with E-state index in [0.717, 1.165) is 43.1 Å². The summed E-state index contributed by atoms with van der Waals surface area (Å²) < 4.78 is 0. The molecule has 180 valence electrons. The minimum Gasteiger partial charge on any atom is -0.288 e. The minimum absolute atomic E-state index is 0.207. The summed E-state index contributed by atoms with van der Waals surface area (Å²) in [6.07, 6.45) is 1.72. The van der Waals surface area contributed by atoms with E-state index in [9.17, 15) is 9.59 Å². The highest BCUT2D eigenvalue weighted by molar-refractivity contribution is 7.17. The number of benzene rings is 4. The van der Waals surface area contributed by atoms with Crippen molar-refractivity contribution in [2.45, 2.75) is 0 Å². The molecule has 0 aliphatic heterocycles. The van der Waals surface area contributed by atoms with Crippen molar-refractivity contribution < 1.29 is 9.59 Å². The number of nitrogens with zero attached hydrogens (tertiary/aromatic N) is 2. The number of carbonyl (C=O) groups is 2. The van der Waals surface area contributed by atoms with Crippen LogP contribution in [0.5, 0.6) is 0 Å². The Bertz CT molecular complexity index is 1860. The number of hydrogen-bond donors (Lipinski definition) is 0. The summed E-state index contributed by atoms with van der Waals surface area (Å²) in [6.45, 7) is 0. The van der Waals surface area contributed by atoms with Crippen LogP contribution in [0.4, 0.5) is 16.5 Å². The first-order chi connectivity index (χ1) is 18.7. The Hall–Kier alpha value is -4.87. The second kappa shape index (κ2) is 8.91. The van der Waals surface area contributed by atoms with E-state index in [1.54, 1.807) is 6.08 Å². The summed E-state index contributed by atoms with van der Waals surface area (Å²) in [4.78, 5) is 34.4. The van der Waals surface area contributed by atoms with Crippen molar-refractivity contribution in [2.24, 2.45) is 0 Å². The molecule has 7 rings (SSSR count). The Balaban J connectivity index is 1.29. The molecule has 0 unspecified atom stereocenters. The maximum atomic E-state index is 13.3. The predicted octanol–water partition coefficient (Wildman–Crippen LogP) is 8.38. The molecule has 0 fully saturated rings. The number of aromatic nitrogens is 1. The molecule has 4 aromatic carbocycles. The van der Waals surface area contributed by atoms with Gasteiger partial charge in [0.15, 0.2) is 11.6 Å². The van der Waals surface area contributed by atoms with Crippen LogP contribution in [-0.2, 0) is 0 Å². The smallest absolute Gasteiger partial charge is 0.197 e. The lowest BCUT2D eigenvalue weighted by atomic mass is 10.0. The maximum absolute atomic E-state index is 13.3. The Morgan fingerprint density at radius 2 is 1.26 bits per heavy atom. The first-order valence-corrected chi connectivity index (χ1v) is 13.1. The molecule has 0 atom stereocenters. The molecule has 1 aliphatic carbocycles. The Kier molecular flexibility index (Phi) is 5.23. The van der Waals surface area contributed by atoms with E-state index in [1.165, 1.54) is 11.3 Å². The van der Waals surface area contributed by atoms with Gasteiger partial charge in [0.05, 0.1) is 11.1 Å². The fourth-order valence-electron chi connectivity index (χ4n) is 4.95. The average Bonchev–Trinajstić information content (AvgIpc) is 3.51. The number of carbonyl (C=O) groups excluding carboxylic acids is 2. The highest BCUT2D eigenvalue weighted by atomic mass is 32.1. The summed E-state index contributed by atoms with van der Waals surface area (Å²) in [5.74, 6) is 0.353. The quantitative estimate of drug-likeness (QED) is 0.177. The number of para-hydroxylation sites is 2. The molecule has 0 saturated heterocycles. The largest absolute Gasteiger partial charge is 0.288 e. The van der Waals surface area contributed by atoms with Crippen molar-refractivity contribution >= 4 is 67.2 Å². The SMILES string of the molecule is O=C1C(=Cc2ccc(N(c3ccccc3)c3ccc4ccccc4n3)s2)C(=O)c2cc3ccccc3cc21. The number of pyridine rings is 1. The number of rotatable bonds is 4. The van der Waals surface area contributed by atoms with Gasteiger partial charge in [-0.05, 0) is 71.4 Å². The third-order valence-electron chi connectivity index (χ3n) is 6.81. The van der Waals surface area contributed by atoms with Gasteiger partial charge in [0.2, 0.25) is 0 Å². The van der Waals surface area contributed by atoms with Gasteiger partial charge in [0.25, 0.3) is 0 Å². The van der Waals surface area contributed by atoms with Gasteiger partial charge in [0, 0.05) is 27.1 Å². The lowest BCUT2D eigenvalue weighted by Gasteiger charge is -2.22. The van der Waals surface area contributed by atoms with Gasteiger partial charge in [0.1, 0.15) is 10.8 Å². The zero-order valence-corrected chi connectivity index (χ0v) is 21.0. The monoisotopic (exact) mass is 508 g/mol. The molecule has 38 heavy (non-hydrogen) atoms. The van der Waals surface area contributed by atoms with E-state index >= 15 is 0 Å². The molecule has 1 aliphatic rings. The second-order valence-corrected chi connectivity index (χ2v) is 10.3. The van der Waals surface area contributed by atoms with E-state index in [0.29, 0.717) is 11.1 Å². The zero-order valence-electron chi connectivity index (χ0n) is 20.2. The number of Topliss-reactive ketones (excluding diaryl/α,β-unsaturated/α-hetero) is 2. The standard InChI is InChI=1S/C33H20N2O2S/c36-32-26-18-22-9-4-5-10-23(22)19-27(26)33(37)28(32)20-25-15-17-31(38-25)35(24-11-2-1-3-12-24)30-16-14-21-8-6-7-13-29(21)34-30/h1-20H. The fourth-order valence-corrected chi connectivity index (χ4v) is 5.93. The summed E-state index contributed by atoms with van der Waals surface area (Å²) in [6, 6.07) is 37.6. The Labute approximate surface area is 223 Å². The van der Waals surface area contributed by atoms with Crippen LogP contribution in [0.2, 0.25) is 0 Å². The number of thiophene rings is 1. The van der Waals surface area contributed by atoms with Gasteiger partial charge in [-0.3, -0.25) is 14.5 Å². The van der Waals surface area contributed by atoms with Crippen LogP contribution in [-0.4, -0.2) is 16.6 Å². The minimum atomic E-state index is -0.221. The third kappa shape index (κ3) is 3.72. The number of ketones is 2. The average molecular weight is 509 g/mol. The number of allylic oxidation sites excluding steroid dienone is 1. The van der Waals surface area contributed by atoms with E-state index < -0.39 is 0 Å². The molecular weight excluding hydrogens is 488 g/mol. The zero-order chi connectivity index (χ0) is 25.6. The molecule has 2 aromatic heterocycles. The molecule has 0 radical (unpaired) electrons. The number of hydrogen-bond acceptors (Lipinski definition) is 5. The van der Waals surface area contributed by atoms with E-state index in [2.05, 4.69) is 11.0 Å². The fraction of sp³-hybridized carbons (Fsp3) is 0. The molecule has 0 saturated carbocycles. The topological polar surface area (TPSA) is 50.3 Å². The van der Waals surface area contributed by atoms with E-state index in [-0.39, 0.29) is 17.1 Å². The van der Waals surface area contributed by atoms with Gasteiger partial charge in [-0.1, -0.05) is 60.7 Å². The van der Waals surface area contributed by atoms with Crippen LogP contribution >= 0.6 is 11.3 Å². The molecule has 4 nitrogen and oxygen atoms in total. The van der Waals surface area contributed by atoms with Gasteiger partial charge in [-0.2, -0.15) is 0 Å². The Morgan fingerprint density at radius 1 is 0.632 bits per heavy atom. The van der Waals surface area contributed by atoms with Crippen LogP contribution < -0.4 is 4.90 Å². The van der Waals surface area contributed by atoms with Crippen LogP contribution in [0.3, 0.4) is 0 Å². The van der Waals surface area contributed by atoms with Gasteiger partial charge < -0.3 is 0 Å². The molecule has 0 spiro atoms. The first-order valence-electron chi connectivity index (χ1n) is 12.3. The van der Waals surface area contributed by atoms with Gasteiger partial charge in [-0.15, -0.1) is 11.3 Å². The maximum Gasteiger partial charge on any atom is 0.197 e. The van der Waals surface area contributed by atoms with Gasteiger partial charge in [-0.25, -0.2) is 4.98 Å². The molecule has 0 bridgehead atoms. The molecule has 5 heteroatoms. The molecular formula is C33H20N2O2S. The van der Waals surface area contributed by atoms with E-state index in [1.807, 2.05) is 109 Å². The van der Waals surface area contributed by atoms with Crippen molar-refractivity contribution in [3.8, 4) is 0 Å². The molecule has 0 amide bonds. The van der Waals surface area contributed by atoms with Crippen LogP contribution in [0.25, 0.3) is 27.8 Å². The van der Waals surface area contributed by atoms with Crippen LogP contribution in [0.1, 0.15) is 25.6 Å². The summed E-state index contributed by atoms with van der Waals surface area (Å²) in [7, 11) is 0. The summed E-state index contributed by atoms with van der Waals surface area (Å²) >= 11 is 1.51. The number of anilines is 3. The van der Waals surface area contributed by atoms with E-state index in [4.69, 9.17) is 4.98 Å². The normalized spacial score (nSPS) is 12.8. The van der Waals surface area contributed by atoms with Crippen molar-refractivity contribution in [3.05, 3.63) is 137 Å².